The first-order valence-corrected chi connectivity index (χ1v) is 3.67. The van der Waals surface area contributed by atoms with E-state index in [1.54, 1.807) is 6.07 Å². The smallest absolute Gasteiger partial charge is 0.118 e. The summed E-state index contributed by atoms with van der Waals surface area (Å²) >= 11 is 0. The van der Waals surface area contributed by atoms with Crippen molar-refractivity contribution in [1.82, 2.24) is 0 Å². The van der Waals surface area contributed by atoms with Crippen LogP contribution in [-0.4, -0.2) is 5.11 Å². The van der Waals surface area contributed by atoms with E-state index in [1.165, 1.54) is 5.56 Å². The third kappa shape index (κ3) is 0.906. The number of phenols is 1. The molecule has 1 aromatic carbocycles. The van der Waals surface area contributed by atoms with Crippen LogP contribution in [0.25, 0.3) is 0 Å². The maximum Gasteiger partial charge on any atom is 0.118 e. The summed E-state index contributed by atoms with van der Waals surface area (Å²) in [6, 6.07) is 3.65. The highest BCUT2D eigenvalue weighted by molar-refractivity contribution is 5.44. The highest BCUT2D eigenvalue weighted by atomic mass is 16.5. The number of hydrogen-bond acceptors (Lipinski definition) is 2. The minimum atomic E-state index is 0.370. The Balaban J connectivity index is 2.62. The molecule has 0 aliphatic carbocycles. The molecule has 0 fully saturated rings. The first-order valence-electron chi connectivity index (χ1n) is 3.67. The molecule has 2 nitrogen and oxygen atoms in total. The molecule has 1 aliphatic heterocycles. The van der Waals surface area contributed by atoms with Gasteiger partial charge in [-0.05, 0) is 29.7 Å². The number of ether oxygens (including phenoxy) is 1. The van der Waals surface area contributed by atoms with Crippen LogP contribution in [0.5, 0.6) is 5.75 Å². The zero-order valence-electron chi connectivity index (χ0n) is 6.42. The average Bonchev–Trinajstić information content (AvgIpc) is 2.45. The molecule has 0 amide bonds. The Hall–Kier alpha value is -1.02. The lowest BCUT2D eigenvalue weighted by molar-refractivity contribution is 0.134. The maximum atomic E-state index is 9.33. The van der Waals surface area contributed by atoms with E-state index in [4.69, 9.17) is 4.74 Å². The predicted molar refractivity (Wildman–Crippen MR) is 41.3 cm³/mol. The van der Waals surface area contributed by atoms with Gasteiger partial charge in [0.1, 0.15) is 5.75 Å². The summed E-state index contributed by atoms with van der Waals surface area (Å²) in [4.78, 5) is 0. The lowest BCUT2D eigenvalue weighted by Gasteiger charge is -2.02. The SMILES string of the molecule is Cc1c(O)ccc2c1COC2. The number of benzene rings is 1. The van der Waals surface area contributed by atoms with Gasteiger partial charge in [-0.1, -0.05) is 6.07 Å². The van der Waals surface area contributed by atoms with Gasteiger partial charge < -0.3 is 9.84 Å². The number of fused-ring (bicyclic) bond motifs is 1. The van der Waals surface area contributed by atoms with E-state index >= 15 is 0 Å². The van der Waals surface area contributed by atoms with Gasteiger partial charge in [-0.2, -0.15) is 0 Å². The number of hydrogen-bond donors (Lipinski definition) is 1. The Morgan fingerprint density at radius 3 is 3.00 bits per heavy atom. The van der Waals surface area contributed by atoms with Crippen molar-refractivity contribution in [2.75, 3.05) is 0 Å². The zero-order chi connectivity index (χ0) is 7.84. The highest BCUT2D eigenvalue weighted by Crippen LogP contribution is 2.28. The van der Waals surface area contributed by atoms with E-state index < -0.39 is 0 Å². The molecule has 0 radical (unpaired) electrons. The lowest BCUT2D eigenvalue weighted by Crippen LogP contribution is -1.86. The van der Waals surface area contributed by atoms with E-state index in [2.05, 4.69) is 0 Å². The Morgan fingerprint density at radius 2 is 2.18 bits per heavy atom. The number of aromatic hydroxyl groups is 1. The van der Waals surface area contributed by atoms with Gasteiger partial charge in [0, 0.05) is 0 Å². The molecule has 0 atom stereocenters. The molecule has 58 valence electrons. The average molecular weight is 150 g/mol. The van der Waals surface area contributed by atoms with Crippen molar-refractivity contribution in [2.45, 2.75) is 20.1 Å². The van der Waals surface area contributed by atoms with Gasteiger partial charge in [0.2, 0.25) is 0 Å². The molecule has 0 unspecified atom stereocenters. The fraction of sp³-hybridized carbons (Fsp3) is 0.333. The van der Waals surface area contributed by atoms with Crippen molar-refractivity contribution in [1.29, 1.82) is 0 Å². The van der Waals surface area contributed by atoms with E-state index in [0.29, 0.717) is 19.0 Å². The molecule has 0 spiro atoms. The summed E-state index contributed by atoms with van der Waals surface area (Å²) in [7, 11) is 0. The van der Waals surface area contributed by atoms with Crippen LogP contribution in [0, 0.1) is 6.92 Å². The van der Waals surface area contributed by atoms with Crippen molar-refractivity contribution < 1.29 is 9.84 Å². The first-order chi connectivity index (χ1) is 5.29. The van der Waals surface area contributed by atoms with Crippen molar-refractivity contribution in [2.24, 2.45) is 0 Å². The Kier molecular flexibility index (Phi) is 1.36. The van der Waals surface area contributed by atoms with E-state index in [-0.39, 0.29) is 0 Å². The van der Waals surface area contributed by atoms with Crippen molar-refractivity contribution in [3.8, 4) is 5.75 Å². The summed E-state index contributed by atoms with van der Waals surface area (Å²) in [5.41, 5.74) is 3.32. The van der Waals surface area contributed by atoms with Crippen molar-refractivity contribution >= 4 is 0 Å². The highest BCUT2D eigenvalue weighted by Gasteiger charge is 2.14. The molecule has 1 heterocycles. The second-order valence-electron chi connectivity index (χ2n) is 2.84. The van der Waals surface area contributed by atoms with Gasteiger partial charge in [-0.25, -0.2) is 0 Å². The van der Waals surface area contributed by atoms with E-state index in [0.717, 1.165) is 11.1 Å². The third-order valence-corrected chi connectivity index (χ3v) is 2.17. The van der Waals surface area contributed by atoms with Gasteiger partial charge in [0.05, 0.1) is 13.2 Å². The van der Waals surface area contributed by atoms with Crippen molar-refractivity contribution in [3.05, 3.63) is 28.8 Å². The van der Waals surface area contributed by atoms with Gasteiger partial charge in [-0.3, -0.25) is 0 Å². The van der Waals surface area contributed by atoms with Gasteiger partial charge >= 0.3 is 0 Å². The summed E-state index contributed by atoms with van der Waals surface area (Å²) in [5, 5.41) is 9.33. The summed E-state index contributed by atoms with van der Waals surface area (Å²) in [6.07, 6.45) is 0. The Labute approximate surface area is 65.4 Å². The number of phenolic OH excluding ortho intramolecular Hbond substituents is 1. The standard InChI is InChI=1S/C9H10O2/c1-6-8-5-11-4-7(8)2-3-9(6)10/h2-3,10H,4-5H2,1H3. The molecule has 2 heteroatoms. The summed E-state index contributed by atoms with van der Waals surface area (Å²) < 4.78 is 5.24. The first kappa shape index (κ1) is 6.68. The Morgan fingerprint density at radius 1 is 1.36 bits per heavy atom. The maximum absolute atomic E-state index is 9.33. The molecule has 1 aromatic rings. The fourth-order valence-corrected chi connectivity index (χ4v) is 1.40. The molecule has 11 heavy (non-hydrogen) atoms. The second-order valence-corrected chi connectivity index (χ2v) is 2.84. The second kappa shape index (κ2) is 2.24. The minimum Gasteiger partial charge on any atom is -0.508 e. The van der Waals surface area contributed by atoms with Crippen LogP contribution in [-0.2, 0) is 18.0 Å². The zero-order valence-corrected chi connectivity index (χ0v) is 6.42. The molecule has 2 rings (SSSR count). The van der Waals surface area contributed by atoms with Crippen LogP contribution >= 0.6 is 0 Å². The van der Waals surface area contributed by atoms with E-state index in [9.17, 15) is 5.11 Å². The van der Waals surface area contributed by atoms with Crippen molar-refractivity contribution in [3.63, 3.8) is 0 Å². The van der Waals surface area contributed by atoms with E-state index in [1.807, 2.05) is 13.0 Å². The van der Waals surface area contributed by atoms with Crippen LogP contribution in [0.2, 0.25) is 0 Å². The van der Waals surface area contributed by atoms with Crippen LogP contribution in [0.15, 0.2) is 12.1 Å². The van der Waals surface area contributed by atoms with Crippen LogP contribution in [0.3, 0.4) is 0 Å². The molecule has 1 N–H and O–H groups in total. The number of rotatable bonds is 0. The summed E-state index contributed by atoms with van der Waals surface area (Å²) in [5.74, 6) is 0.370. The van der Waals surface area contributed by atoms with Crippen LogP contribution in [0.4, 0.5) is 0 Å². The lowest BCUT2D eigenvalue weighted by atomic mass is 10.0. The molecule has 0 aromatic heterocycles. The van der Waals surface area contributed by atoms with Crippen LogP contribution < -0.4 is 0 Å². The predicted octanol–water partition coefficient (Wildman–Crippen LogP) is 1.73. The van der Waals surface area contributed by atoms with Gasteiger partial charge in [0.25, 0.3) is 0 Å². The molecular formula is C9H10O2. The topological polar surface area (TPSA) is 29.5 Å². The quantitative estimate of drug-likeness (QED) is 0.610. The van der Waals surface area contributed by atoms with Crippen LogP contribution in [0.1, 0.15) is 16.7 Å². The minimum absolute atomic E-state index is 0.370. The monoisotopic (exact) mass is 150 g/mol. The molecular weight excluding hydrogens is 140 g/mol. The molecule has 0 saturated carbocycles. The van der Waals surface area contributed by atoms with Gasteiger partial charge in [0.15, 0.2) is 0 Å². The Bertz CT molecular complexity index is 292. The molecule has 1 aliphatic rings. The normalized spacial score (nSPS) is 15.0. The fourth-order valence-electron chi connectivity index (χ4n) is 1.40. The largest absolute Gasteiger partial charge is 0.508 e. The third-order valence-electron chi connectivity index (χ3n) is 2.17. The summed E-state index contributed by atoms with van der Waals surface area (Å²) in [6.45, 7) is 3.26. The molecule has 0 saturated heterocycles. The molecule has 0 bridgehead atoms. The van der Waals surface area contributed by atoms with Gasteiger partial charge in [-0.15, -0.1) is 0 Å².